The lowest BCUT2D eigenvalue weighted by Crippen LogP contribution is -2.30. The number of aromatic nitrogens is 2. The zero-order chi connectivity index (χ0) is 19.8. The number of halogens is 1. The second-order valence-corrected chi connectivity index (χ2v) is 5.70. The van der Waals surface area contributed by atoms with Crippen molar-refractivity contribution in [2.45, 2.75) is 19.4 Å². The van der Waals surface area contributed by atoms with Gasteiger partial charge in [-0.2, -0.15) is 0 Å². The SMILES string of the molecule is CC(OC(=O)CCNc1ncccn1)C(=O)Nc1cc([N+](=O)[O-])ccc1Cl. The number of anilines is 2. The molecular weight excluding hydrogens is 378 g/mol. The molecule has 27 heavy (non-hydrogen) atoms. The summed E-state index contributed by atoms with van der Waals surface area (Å²) < 4.78 is 5.03. The summed E-state index contributed by atoms with van der Waals surface area (Å²) in [5, 5.41) is 16.2. The van der Waals surface area contributed by atoms with E-state index in [1.54, 1.807) is 18.5 Å². The van der Waals surface area contributed by atoms with Crippen molar-refractivity contribution < 1.29 is 19.2 Å². The number of amides is 1. The van der Waals surface area contributed by atoms with Gasteiger partial charge in [-0.25, -0.2) is 9.97 Å². The minimum atomic E-state index is -1.11. The lowest BCUT2D eigenvalue weighted by molar-refractivity contribution is -0.384. The van der Waals surface area contributed by atoms with Crippen molar-refractivity contribution in [3.05, 3.63) is 51.8 Å². The summed E-state index contributed by atoms with van der Waals surface area (Å²) in [7, 11) is 0. The molecule has 1 aromatic heterocycles. The molecule has 0 saturated carbocycles. The van der Waals surface area contributed by atoms with Crippen molar-refractivity contribution in [2.24, 2.45) is 0 Å². The van der Waals surface area contributed by atoms with Gasteiger partial charge in [0.1, 0.15) is 0 Å². The number of hydrogen-bond acceptors (Lipinski definition) is 8. The first-order valence-corrected chi connectivity index (χ1v) is 8.20. The van der Waals surface area contributed by atoms with Gasteiger partial charge in [0.25, 0.3) is 11.6 Å². The highest BCUT2D eigenvalue weighted by Gasteiger charge is 2.20. The summed E-state index contributed by atoms with van der Waals surface area (Å²) in [5.41, 5.74) is -0.171. The number of nitro benzene ring substituents is 1. The van der Waals surface area contributed by atoms with Crippen molar-refractivity contribution in [3.63, 3.8) is 0 Å². The van der Waals surface area contributed by atoms with Crippen LogP contribution < -0.4 is 10.6 Å². The Morgan fingerprint density at radius 2 is 2.04 bits per heavy atom. The monoisotopic (exact) mass is 393 g/mol. The first kappa shape index (κ1) is 20.0. The van der Waals surface area contributed by atoms with Gasteiger partial charge in [-0.1, -0.05) is 11.6 Å². The molecule has 0 spiro atoms. The van der Waals surface area contributed by atoms with Crippen LogP contribution in [0.25, 0.3) is 0 Å². The highest BCUT2D eigenvalue weighted by Crippen LogP contribution is 2.26. The fraction of sp³-hybridized carbons (Fsp3) is 0.250. The van der Waals surface area contributed by atoms with Crippen LogP contribution in [0.3, 0.4) is 0 Å². The largest absolute Gasteiger partial charge is 0.452 e. The normalized spacial score (nSPS) is 11.3. The number of nitro groups is 1. The molecule has 0 aliphatic rings. The highest BCUT2D eigenvalue weighted by atomic mass is 35.5. The number of nitrogens with one attached hydrogen (secondary N) is 2. The zero-order valence-corrected chi connectivity index (χ0v) is 15.0. The van der Waals surface area contributed by atoms with Gasteiger partial charge in [0.15, 0.2) is 6.10 Å². The quantitative estimate of drug-likeness (QED) is 0.396. The molecular formula is C16H16ClN5O5. The van der Waals surface area contributed by atoms with Crippen LogP contribution in [-0.4, -0.2) is 39.4 Å². The summed E-state index contributed by atoms with van der Waals surface area (Å²) in [6.45, 7) is 1.61. The minimum Gasteiger partial charge on any atom is -0.452 e. The van der Waals surface area contributed by atoms with E-state index >= 15 is 0 Å². The van der Waals surface area contributed by atoms with Gasteiger partial charge in [0.05, 0.1) is 22.1 Å². The van der Waals surface area contributed by atoms with Crippen LogP contribution in [-0.2, 0) is 14.3 Å². The lowest BCUT2D eigenvalue weighted by atomic mass is 10.2. The Morgan fingerprint density at radius 3 is 2.70 bits per heavy atom. The van der Waals surface area contributed by atoms with E-state index in [4.69, 9.17) is 16.3 Å². The summed E-state index contributed by atoms with van der Waals surface area (Å²) >= 11 is 5.92. The average Bonchev–Trinajstić information content (AvgIpc) is 2.64. The molecule has 0 aliphatic heterocycles. The number of benzene rings is 1. The number of nitrogens with zero attached hydrogens (tertiary/aromatic N) is 3. The summed E-state index contributed by atoms with van der Waals surface area (Å²) in [6.07, 6.45) is 1.99. The molecule has 2 aromatic rings. The zero-order valence-electron chi connectivity index (χ0n) is 14.2. The maximum absolute atomic E-state index is 12.1. The number of carbonyl (C=O) groups is 2. The molecule has 2 N–H and O–H groups in total. The second-order valence-electron chi connectivity index (χ2n) is 5.29. The van der Waals surface area contributed by atoms with Crippen LogP contribution in [0.1, 0.15) is 13.3 Å². The second kappa shape index (κ2) is 9.43. The number of non-ortho nitro benzene ring substituents is 1. The lowest BCUT2D eigenvalue weighted by Gasteiger charge is -2.14. The standard InChI is InChI=1S/C16H16ClN5O5/c1-10(27-14(23)5-8-20-16-18-6-2-7-19-16)15(24)21-13-9-11(22(25)26)3-4-12(13)17/h2-4,6-7,9-10H,5,8H2,1H3,(H,21,24)(H,18,19,20). The van der Waals surface area contributed by atoms with Gasteiger partial charge in [0, 0.05) is 31.1 Å². The molecule has 11 heteroatoms. The van der Waals surface area contributed by atoms with E-state index in [0.29, 0.717) is 5.95 Å². The van der Waals surface area contributed by atoms with Crippen molar-refractivity contribution >= 4 is 40.8 Å². The Labute approximate surface area is 159 Å². The molecule has 2 rings (SSSR count). The number of hydrogen-bond donors (Lipinski definition) is 2. The molecule has 1 atom stereocenters. The third-order valence-electron chi connectivity index (χ3n) is 3.27. The Morgan fingerprint density at radius 1 is 1.33 bits per heavy atom. The van der Waals surface area contributed by atoms with Gasteiger partial charge in [-0.15, -0.1) is 0 Å². The van der Waals surface area contributed by atoms with E-state index in [-0.39, 0.29) is 29.4 Å². The first-order valence-electron chi connectivity index (χ1n) is 7.82. The molecule has 0 aliphatic carbocycles. The van der Waals surface area contributed by atoms with Crippen LogP contribution in [0.15, 0.2) is 36.7 Å². The third kappa shape index (κ3) is 6.19. The van der Waals surface area contributed by atoms with Crippen LogP contribution in [0.4, 0.5) is 17.3 Å². The highest BCUT2D eigenvalue weighted by molar-refractivity contribution is 6.33. The Balaban J connectivity index is 1.83. The molecule has 1 heterocycles. The van der Waals surface area contributed by atoms with E-state index in [9.17, 15) is 19.7 Å². The van der Waals surface area contributed by atoms with E-state index in [0.717, 1.165) is 6.07 Å². The van der Waals surface area contributed by atoms with E-state index in [1.807, 2.05) is 0 Å². The van der Waals surface area contributed by atoms with Gasteiger partial charge in [-0.3, -0.25) is 19.7 Å². The molecule has 1 aromatic carbocycles. The number of esters is 1. The fourth-order valence-electron chi connectivity index (χ4n) is 1.93. The van der Waals surface area contributed by atoms with Crippen molar-refractivity contribution in [2.75, 3.05) is 17.2 Å². The summed E-state index contributed by atoms with van der Waals surface area (Å²) in [4.78, 5) is 42.0. The number of ether oxygens (including phenoxy) is 1. The van der Waals surface area contributed by atoms with Crippen molar-refractivity contribution in [1.29, 1.82) is 0 Å². The summed E-state index contributed by atoms with van der Waals surface area (Å²) in [5.74, 6) is -0.896. The Bertz CT molecular complexity index is 833. The van der Waals surface area contributed by atoms with Crippen LogP contribution in [0.5, 0.6) is 0 Å². The van der Waals surface area contributed by atoms with Crippen molar-refractivity contribution in [3.8, 4) is 0 Å². The predicted octanol–water partition coefficient (Wildman–Crippen LogP) is 2.41. The smallest absolute Gasteiger partial charge is 0.308 e. The van der Waals surface area contributed by atoms with Crippen LogP contribution in [0.2, 0.25) is 5.02 Å². The average molecular weight is 394 g/mol. The summed E-state index contributed by atoms with van der Waals surface area (Å²) in [6, 6.07) is 5.29. The third-order valence-corrected chi connectivity index (χ3v) is 3.60. The van der Waals surface area contributed by atoms with E-state index < -0.39 is 22.9 Å². The minimum absolute atomic E-state index is 0.00651. The Kier molecular flexibility index (Phi) is 7.00. The van der Waals surface area contributed by atoms with E-state index in [1.165, 1.54) is 19.1 Å². The number of rotatable bonds is 8. The molecule has 0 fully saturated rings. The molecule has 10 nitrogen and oxygen atoms in total. The van der Waals surface area contributed by atoms with Crippen LogP contribution in [0, 0.1) is 10.1 Å². The molecule has 1 unspecified atom stereocenters. The molecule has 0 bridgehead atoms. The maximum Gasteiger partial charge on any atom is 0.308 e. The van der Waals surface area contributed by atoms with Crippen molar-refractivity contribution in [1.82, 2.24) is 9.97 Å². The Hall–Kier alpha value is -3.27. The number of carbonyl (C=O) groups excluding carboxylic acids is 2. The first-order chi connectivity index (χ1) is 12.9. The predicted molar refractivity (Wildman–Crippen MR) is 97.4 cm³/mol. The van der Waals surface area contributed by atoms with Crippen LogP contribution >= 0.6 is 11.6 Å². The molecule has 142 valence electrons. The van der Waals surface area contributed by atoms with Gasteiger partial charge >= 0.3 is 5.97 Å². The topological polar surface area (TPSA) is 136 Å². The maximum atomic E-state index is 12.1. The van der Waals surface area contributed by atoms with E-state index in [2.05, 4.69) is 20.6 Å². The molecule has 0 radical (unpaired) electrons. The molecule has 0 saturated heterocycles. The van der Waals surface area contributed by atoms with Gasteiger partial charge in [0.2, 0.25) is 5.95 Å². The van der Waals surface area contributed by atoms with Gasteiger partial charge < -0.3 is 15.4 Å². The van der Waals surface area contributed by atoms with Gasteiger partial charge in [-0.05, 0) is 19.1 Å². The fourth-order valence-corrected chi connectivity index (χ4v) is 2.10. The molecule has 1 amide bonds.